The summed E-state index contributed by atoms with van der Waals surface area (Å²) >= 11 is 0. The van der Waals surface area contributed by atoms with Gasteiger partial charge >= 0.3 is 0 Å². The minimum atomic E-state index is -0.132. The molecule has 3 N–H and O–H groups in total. The number of imidazole rings is 1. The van der Waals surface area contributed by atoms with E-state index in [0.29, 0.717) is 18.7 Å². The van der Waals surface area contributed by atoms with Gasteiger partial charge in [0.25, 0.3) is 5.91 Å². The Kier molecular flexibility index (Phi) is 4.50. The van der Waals surface area contributed by atoms with Crippen molar-refractivity contribution in [2.45, 2.75) is 26.2 Å². The van der Waals surface area contributed by atoms with Gasteiger partial charge in [-0.1, -0.05) is 6.07 Å². The molecule has 152 valence electrons. The fourth-order valence-corrected chi connectivity index (χ4v) is 4.09. The lowest BCUT2D eigenvalue weighted by atomic mass is 9.89. The Morgan fingerprint density at radius 1 is 1.20 bits per heavy atom. The number of aromatic nitrogens is 4. The zero-order valence-corrected chi connectivity index (χ0v) is 17.0. The Balaban J connectivity index is 1.28. The Morgan fingerprint density at radius 2 is 2.10 bits per heavy atom. The molecule has 1 amide bonds. The fraction of sp³-hybridized carbons (Fsp3) is 0.261. The molecule has 0 radical (unpaired) electrons. The van der Waals surface area contributed by atoms with Crippen LogP contribution in [0.4, 0.5) is 0 Å². The molecule has 2 heterocycles. The number of carbonyl (C=O) groups is 1. The van der Waals surface area contributed by atoms with Crippen LogP contribution in [-0.4, -0.2) is 39.7 Å². The summed E-state index contributed by atoms with van der Waals surface area (Å²) < 4.78 is 5.32. The quantitative estimate of drug-likeness (QED) is 0.478. The van der Waals surface area contributed by atoms with Crippen LogP contribution in [0.25, 0.3) is 22.3 Å². The minimum Gasteiger partial charge on any atom is -0.497 e. The Morgan fingerprint density at radius 3 is 2.97 bits per heavy atom. The van der Waals surface area contributed by atoms with E-state index in [4.69, 9.17) is 4.74 Å². The van der Waals surface area contributed by atoms with E-state index in [1.807, 2.05) is 30.3 Å². The van der Waals surface area contributed by atoms with E-state index < -0.39 is 0 Å². The van der Waals surface area contributed by atoms with E-state index in [0.717, 1.165) is 52.3 Å². The van der Waals surface area contributed by atoms with Crippen LogP contribution in [0.15, 0.2) is 36.4 Å². The molecular formula is C23H23N5O2. The van der Waals surface area contributed by atoms with Crippen LogP contribution < -0.4 is 10.1 Å². The maximum absolute atomic E-state index is 12.8. The summed E-state index contributed by atoms with van der Waals surface area (Å²) in [5.74, 6) is 1.57. The predicted octanol–water partition coefficient (Wildman–Crippen LogP) is 3.34. The molecule has 0 aliphatic heterocycles. The zero-order chi connectivity index (χ0) is 20.7. The van der Waals surface area contributed by atoms with Crippen LogP contribution in [-0.2, 0) is 19.3 Å². The van der Waals surface area contributed by atoms with E-state index >= 15 is 0 Å². The molecule has 2 aromatic heterocycles. The molecule has 0 fully saturated rings. The number of nitrogens with one attached hydrogen (secondary N) is 3. The third-order valence-corrected chi connectivity index (χ3v) is 5.64. The Labute approximate surface area is 173 Å². The van der Waals surface area contributed by atoms with Crippen molar-refractivity contribution in [1.82, 2.24) is 25.5 Å². The number of H-pyrrole nitrogens is 2. The highest BCUT2D eigenvalue weighted by molar-refractivity contribution is 5.96. The average molecular weight is 401 g/mol. The highest BCUT2D eigenvalue weighted by Crippen LogP contribution is 2.35. The van der Waals surface area contributed by atoms with Crippen molar-refractivity contribution in [2.75, 3.05) is 13.7 Å². The first-order chi connectivity index (χ1) is 14.6. The van der Waals surface area contributed by atoms with Gasteiger partial charge in [-0.05, 0) is 61.2 Å². The number of aromatic amines is 2. The summed E-state index contributed by atoms with van der Waals surface area (Å²) in [6, 6.07) is 12.1. The molecule has 7 nitrogen and oxygen atoms in total. The van der Waals surface area contributed by atoms with E-state index in [1.165, 1.54) is 11.1 Å². The number of hydrogen-bond acceptors (Lipinski definition) is 4. The van der Waals surface area contributed by atoms with Crippen molar-refractivity contribution in [3.8, 4) is 17.0 Å². The first-order valence-electron chi connectivity index (χ1n) is 10.1. The van der Waals surface area contributed by atoms with Gasteiger partial charge in [0.2, 0.25) is 0 Å². The summed E-state index contributed by atoms with van der Waals surface area (Å²) in [4.78, 5) is 20.7. The smallest absolute Gasteiger partial charge is 0.269 e. The predicted molar refractivity (Wildman–Crippen MR) is 115 cm³/mol. The number of hydrogen-bond donors (Lipinski definition) is 3. The number of benzene rings is 2. The van der Waals surface area contributed by atoms with Crippen LogP contribution >= 0.6 is 0 Å². The molecule has 2 aromatic carbocycles. The molecule has 7 heteroatoms. The van der Waals surface area contributed by atoms with Gasteiger partial charge in [0.1, 0.15) is 17.3 Å². The molecule has 0 bridgehead atoms. The van der Waals surface area contributed by atoms with Crippen LogP contribution in [0.3, 0.4) is 0 Å². The van der Waals surface area contributed by atoms with Crippen molar-refractivity contribution in [3.63, 3.8) is 0 Å². The molecule has 30 heavy (non-hydrogen) atoms. The topological polar surface area (TPSA) is 95.7 Å². The first kappa shape index (κ1) is 18.4. The highest BCUT2D eigenvalue weighted by atomic mass is 16.5. The van der Waals surface area contributed by atoms with E-state index in [1.54, 1.807) is 7.11 Å². The Hall–Kier alpha value is -3.61. The fourth-order valence-electron chi connectivity index (χ4n) is 4.09. The summed E-state index contributed by atoms with van der Waals surface area (Å²) in [5.41, 5.74) is 7.79. The highest BCUT2D eigenvalue weighted by Gasteiger charge is 2.25. The van der Waals surface area contributed by atoms with E-state index in [9.17, 15) is 4.79 Å². The maximum Gasteiger partial charge on any atom is 0.269 e. The number of amides is 1. The lowest BCUT2D eigenvalue weighted by molar-refractivity contribution is 0.0948. The molecule has 0 saturated carbocycles. The molecular weight excluding hydrogens is 378 g/mol. The van der Waals surface area contributed by atoms with Gasteiger partial charge in [0.05, 0.1) is 23.8 Å². The molecule has 0 unspecified atom stereocenters. The van der Waals surface area contributed by atoms with Crippen molar-refractivity contribution >= 4 is 16.9 Å². The van der Waals surface area contributed by atoms with E-state index in [2.05, 4.69) is 38.5 Å². The van der Waals surface area contributed by atoms with Crippen LogP contribution in [0, 0.1) is 6.92 Å². The number of fused-ring (bicyclic) bond motifs is 4. The van der Waals surface area contributed by atoms with Gasteiger partial charge in [-0.2, -0.15) is 5.10 Å². The second kappa shape index (κ2) is 7.33. The lowest BCUT2D eigenvalue weighted by Crippen LogP contribution is -2.27. The maximum atomic E-state index is 12.8. The lowest BCUT2D eigenvalue weighted by Gasteiger charge is -2.16. The second-order valence-corrected chi connectivity index (χ2v) is 7.66. The van der Waals surface area contributed by atoms with Gasteiger partial charge in [0, 0.05) is 24.1 Å². The molecule has 4 aromatic rings. The SMILES string of the molecule is COc1ccc2c(c1)CCc1c-2n[nH]c1C(=O)NCCc1nc2ccc(C)cc2[nH]1. The van der Waals surface area contributed by atoms with Crippen LogP contribution in [0.1, 0.15) is 33.0 Å². The normalized spacial score (nSPS) is 12.5. The summed E-state index contributed by atoms with van der Waals surface area (Å²) in [6.07, 6.45) is 2.27. The molecule has 0 spiro atoms. The van der Waals surface area contributed by atoms with Gasteiger partial charge in [-0.3, -0.25) is 9.89 Å². The van der Waals surface area contributed by atoms with Crippen LogP contribution in [0.5, 0.6) is 5.75 Å². The molecule has 0 atom stereocenters. The summed E-state index contributed by atoms with van der Waals surface area (Å²) in [6.45, 7) is 2.55. The zero-order valence-electron chi connectivity index (χ0n) is 17.0. The first-order valence-corrected chi connectivity index (χ1v) is 10.1. The summed E-state index contributed by atoms with van der Waals surface area (Å²) in [5, 5.41) is 10.4. The number of carbonyl (C=O) groups excluding carboxylic acids is 1. The minimum absolute atomic E-state index is 0.132. The molecule has 1 aliphatic rings. The van der Waals surface area contributed by atoms with Crippen molar-refractivity contribution < 1.29 is 9.53 Å². The molecule has 0 saturated heterocycles. The number of ether oxygens (including phenoxy) is 1. The summed E-state index contributed by atoms with van der Waals surface area (Å²) in [7, 11) is 1.67. The van der Waals surface area contributed by atoms with Gasteiger partial charge < -0.3 is 15.0 Å². The standard InChI is InChI=1S/C23H23N5O2/c1-13-3-8-18-19(11-13)26-20(25-18)9-10-24-23(29)22-17-6-4-14-12-15(30-2)5-7-16(14)21(17)27-28-22/h3,5,7-8,11-12H,4,6,9-10H2,1-2H3,(H,24,29)(H,25,26)(H,27,28). The van der Waals surface area contributed by atoms with Gasteiger partial charge in [-0.15, -0.1) is 0 Å². The number of rotatable bonds is 5. The molecule has 1 aliphatic carbocycles. The van der Waals surface area contributed by atoms with Gasteiger partial charge in [-0.25, -0.2) is 4.98 Å². The van der Waals surface area contributed by atoms with Gasteiger partial charge in [0.15, 0.2) is 0 Å². The molecule has 5 rings (SSSR count). The van der Waals surface area contributed by atoms with Crippen molar-refractivity contribution in [3.05, 3.63) is 64.6 Å². The third kappa shape index (κ3) is 3.22. The number of methoxy groups -OCH3 is 1. The number of nitrogens with zero attached hydrogens (tertiary/aromatic N) is 2. The van der Waals surface area contributed by atoms with Crippen molar-refractivity contribution in [1.29, 1.82) is 0 Å². The average Bonchev–Trinajstić information content (AvgIpc) is 3.36. The number of aryl methyl sites for hydroxylation is 2. The second-order valence-electron chi connectivity index (χ2n) is 7.66. The Bertz CT molecular complexity index is 1250. The third-order valence-electron chi connectivity index (χ3n) is 5.64. The van der Waals surface area contributed by atoms with E-state index in [-0.39, 0.29) is 5.91 Å². The monoisotopic (exact) mass is 401 g/mol. The largest absolute Gasteiger partial charge is 0.497 e. The van der Waals surface area contributed by atoms with Crippen molar-refractivity contribution in [2.24, 2.45) is 0 Å². The van der Waals surface area contributed by atoms with Crippen LogP contribution in [0.2, 0.25) is 0 Å².